The number of nitrogens with zero attached hydrogens (tertiary/aromatic N) is 2. The van der Waals surface area contributed by atoms with Gasteiger partial charge >= 0.3 is 11.9 Å². The van der Waals surface area contributed by atoms with Crippen LogP contribution in [-0.2, 0) is 38.0 Å². The van der Waals surface area contributed by atoms with Gasteiger partial charge in [0.05, 0.1) is 43.3 Å². The van der Waals surface area contributed by atoms with E-state index in [-0.39, 0.29) is 24.8 Å². The number of nitrogens with one attached hydrogen (secondary N) is 1. The summed E-state index contributed by atoms with van der Waals surface area (Å²) < 4.78 is 52.8. The van der Waals surface area contributed by atoms with Gasteiger partial charge in [0.15, 0.2) is 18.0 Å². The van der Waals surface area contributed by atoms with Crippen molar-refractivity contribution in [1.82, 2.24) is 15.2 Å². The van der Waals surface area contributed by atoms with E-state index in [1.165, 1.54) is 32.3 Å². The summed E-state index contributed by atoms with van der Waals surface area (Å²) in [5.74, 6) is -3.04. The van der Waals surface area contributed by atoms with E-state index in [9.17, 15) is 24.2 Å². The average molecular weight is 732 g/mol. The van der Waals surface area contributed by atoms with Gasteiger partial charge in [-0.05, 0) is 56.0 Å². The molecular formula is C38H54FN3O10. The number of carbonyl (C=O) groups is 2. The lowest BCUT2D eigenvalue weighted by Gasteiger charge is -2.68. The summed E-state index contributed by atoms with van der Waals surface area (Å²) in [5.41, 5.74) is -2.73. The summed E-state index contributed by atoms with van der Waals surface area (Å²) >= 11 is 0. The van der Waals surface area contributed by atoms with Crippen LogP contribution < -0.4 is 5.32 Å². The zero-order valence-electron chi connectivity index (χ0n) is 31.2. The molecule has 288 valence electrons. The Bertz CT molecular complexity index is 1590. The van der Waals surface area contributed by atoms with Crippen molar-refractivity contribution in [1.29, 1.82) is 0 Å². The van der Waals surface area contributed by atoms with Gasteiger partial charge in [0.25, 0.3) is 0 Å². The summed E-state index contributed by atoms with van der Waals surface area (Å²) in [6, 6.07) is 1.45. The van der Waals surface area contributed by atoms with E-state index >= 15 is 0 Å². The first-order valence-electron chi connectivity index (χ1n) is 18.6. The zero-order valence-corrected chi connectivity index (χ0v) is 31.2. The molecule has 3 aliphatic carbocycles. The maximum absolute atomic E-state index is 14.8. The van der Waals surface area contributed by atoms with E-state index < -0.39 is 88.4 Å². The van der Waals surface area contributed by atoms with Crippen LogP contribution >= 0.6 is 0 Å². The first kappa shape index (κ1) is 37.7. The molecule has 12 atom stereocenters. The number of hydrogen-bond acceptors (Lipinski definition) is 13. The van der Waals surface area contributed by atoms with E-state index in [1.54, 1.807) is 0 Å². The predicted octanol–water partition coefficient (Wildman–Crippen LogP) is 2.44. The Hall–Kier alpha value is -2.56. The minimum atomic E-state index is -1.81. The maximum Gasteiger partial charge on any atom is 0.337 e. The Morgan fingerprint density at radius 2 is 1.94 bits per heavy atom. The van der Waals surface area contributed by atoms with Gasteiger partial charge in [-0.15, -0.1) is 0 Å². The third kappa shape index (κ3) is 5.75. The van der Waals surface area contributed by atoms with E-state index in [4.69, 9.17) is 28.4 Å². The van der Waals surface area contributed by atoms with Crippen molar-refractivity contribution in [2.45, 2.75) is 115 Å². The standard InChI is InChI=1S/C38H54FN3O10/c1-20-24(49-34(45)30(44)29(40-7)28-23(39)9-8-12-41-28)17-38(46)21(2)32-36(6,11-10-25-37(32,19-48-25)52-22(3)43)33-31(27(20)35(38,4)5)50-26(51-33)18-42-13-15-47-16-14-42/h8-9,12,21,24-26,29-33,40,44,46H,10-11,13-19H2,1-7H3/t21-,24-,25+,26+,29-,30+,31+,32-,33+,36+,37-,38+/m0/s1. The highest BCUT2D eigenvalue weighted by Crippen LogP contribution is 2.67. The van der Waals surface area contributed by atoms with Crippen molar-refractivity contribution in [3.8, 4) is 0 Å². The van der Waals surface area contributed by atoms with E-state index in [2.05, 4.69) is 22.1 Å². The van der Waals surface area contributed by atoms with Crippen molar-refractivity contribution in [3.63, 3.8) is 0 Å². The summed E-state index contributed by atoms with van der Waals surface area (Å²) in [7, 11) is 1.50. The van der Waals surface area contributed by atoms with Gasteiger partial charge in [-0.1, -0.05) is 27.7 Å². The lowest BCUT2D eigenvalue weighted by Crippen LogP contribution is -2.77. The third-order valence-corrected chi connectivity index (χ3v) is 13.5. The first-order chi connectivity index (χ1) is 24.6. The number of pyridine rings is 1. The molecule has 4 heterocycles. The fourth-order valence-electron chi connectivity index (χ4n) is 10.9. The van der Waals surface area contributed by atoms with Crippen molar-refractivity contribution in [2.24, 2.45) is 22.7 Å². The first-order valence-corrected chi connectivity index (χ1v) is 18.6. The summed E-state index contributed by atoms with van der Waals surface area (Å²) in [4.78, 5) is 32.9. The van der Waals surface area contributed by atoms with Crippen LogP contribution in [-0.4, -0.2) is 127 Å². The molecule has 7 rings (SSSR count). The summed E-state index contributed by atoms with van der Waals surface area (Å²) in [5, 5.41) is 27.4. The fraction of sp³-hybridized carbons (Fsp3) is 0.763. The highest BCUT2D eigenvalue weighted by Gasteiger charge is 2.75. The number of ether oxygens (including phenoxy) is 6. The van der Waals surface area contributed by atoms with Gasteiger partial charge in [0.1, 0.15) is 24.1 Å². The molecule has 0 aromatic carbocycles. The van der Waals surface area contributed by atoms with Crippen LogP contribution in [0.4, 0.5) is 4.39 Å². The molecule has 2 bridgehead atoms. The number of likely N-dealkylation sites (N-methyl/N-ethyl adjacent to an activating group) is 1. The van der Waals surface area contributed by atoms with Crippen LogP contribution in [0.25, 0.3) is 0 Å². The van der Waals surface area contributed by atoms with Crippen LogP contribution in [0.2, 0.25) is 0 Å². The number of hydrogen-bond donors (Lipinski definition) is 3. The molecule has 0 amide bonds. The third-order valence-electron chi connectivity index (χ3n) is 13.5. The van der Waals surface area contributed by atoms with Crippen LogP contribution in [0.15, 0.2) is 29.5 Å². The van der Waals surface area contributed by atoms with E-state index in [0.717, 1.165) is 18.7 Å². The van der Waals surface area contributed by atoms with Crippen LogP contribution in [0, 0.1) is 28.5 Å². The average Bonchev–Trinajstić information content (AvgIpc) is 3.50. The highest BCUT2D eigenvalue weighted by molar-refractivity contribution is 5.76. The Morgan fingerprint density at radius 3 is 2.58 bits per heavy atom. The second-order valence-electron chi connectivity index (χ2n) is 16.5. The number of aromatic nitrogens is 1. The normalized spacial score (nSPS) is 40.9. The molecule has 0 spiro atoms. The van der Waals surface area contributed by atoms with E-state index in [0.29, 0.717) is 38.2 Å². The number of morpholine rings is 1. The predicted molar refractivity (Wildman–Crippen MR) is 183 cm³/mol. The summed E-state index contributed by atoms with van der Waals surface area (Å²) in [6.45, 7) is 14.9. The highest BCUT2D eigenvalue weighted by atomic mass is 19.1. The van der Waals surface area contributed by atoms with Crippen molar-refractivity contribution >= 4 is 11.9 Å². The second kappa shape index (κ2) is 13.6. The summed E-state index contributed by atoms with van der Waals surface area (Å²) in [6.07, 6.45) is -2.15. The molecule has 13 nitrogen and oxygen atoms in total. The lowest BCUT2D eigenvalue weighted by atomic mass is 9.43. The fourth-order valence-corrected chi connectivity index (χ4v) is 10.9. The molecule has 3 saturated heterocycles. The zero-order chi connectivity index (χ0) is 37.4. The maximum atomic E-state index is 14.8. The van der Waals surface area contributed by atoms with Crippen LogP contribution in [0.1, 0.15) is 72.5 Å². The minimum Gasteiger partial charge on any atom is -0.456 e. The SMILES string of the molecule is CN[C@@H](c1ncccc1F)[C@@H](O)C(=O)O[C@H]1C[C@@]2(O)[C@@H](C)[C@H]3[C@@](C)(CC[C@H]4OC[C@]43OC(C)=O)[C@@H]3O[C@H](CN4CCOCC4)O[C@@H]3C(=C1C)C2(C)C. The molecule has 0 radical (unpaired) electrons. The van der Waals surface area contributed by atoms with Gasteiger partial charge in [0.2, 0.25) is 0 Å². The lowest BCUT2D eigenvalue weighted by molar-refractivity contribution is -0.337. The topological polar surface area (TPSA) is 158 Å². The molecule has 6 aliphatic rings. The molecule has 14 heteroatoms. The van der Waals surface area contributed by atoms with Crippen LogP contribution in [0.5, 0.6) is 0 Å². The number of rotatable bonds is 8. The quantitative estimate of drug-likeness (QED) is 0.265. The molecule has 1 aromatic rings. The molecular weight excluding hydrogens is 677 g/mol. The molecule has 5 fully saturated rings. The Balaban J connectivity index is 1.32. The molecule has 1 aromatic heterocycles. The largest absolute Gasteiger partial charge is 0.456 e. The van der Waals surface area contributed by atoms with Crippen molar-refractivity contribution in [3.05, 3.63) is 41.0 Å². The van der Waals surface area contributed by atoms with E-state index in [1.807, 2.05) is 27.7 Å². The second-order valence-corrected chi connectivity index (χ2v) is 16.5. The molecule has 3 N–H and O–H groups in total. The van der Waals surface area contributed by atoms with Gasteiger partial charge in [0, 0.05) is 55.9 Å². The molecule has 0 unspecified atom stereocenters. The number of aliphatic hydroxyl groups excluding tert-OH is 1. The smallest absolute Gasteiger partial charge is 0.337 e. The number of esters is 2. The van der Waals surface area contributed by atoms with Gasteiger partial charge in [-0.2, -0.15) is 0 Å². The van der Waals surface area contributed by atoms with Gasteiger partial charge in [-0.25, -0.2) is 9.18 Å². The number of aliphatic hydroxyl groups is 2. The van der Waals surface area contributed by atoms with Crippen LogP contribution in [0.3, 0.4) is 0 Å². The number of carbonyl (C=O) groups excluding carboxylic acids is 2. The Labute approximate surface area is 304 Å². The molecule has 2 saturated carbocycles. The van der Waals surface area contributed by atoms with Crippen molar-refractivity contribution in [2.75, 3.05) is 46.5 Å². The van der Waals surface area contributed by atoms with Crippen molar-refractivity contribution < 1.29 is 52.6 Å². The molecule has 3 aliphatic heterocycles. The number of halogens is 1. The Morgan fingerprint density at radius 1 is 1.21 bits per heavy atom. The number of fused-ring (bicyclic) bond motifs is 8. The Kier molecular flexibility index (Phi) is 9.89. The van der Waals surface area contributed by atoms with Gasteiger partial charge in [-0.3, -0.25) is 14.7 Å². The van der Waals surface area contributed by atoms with Gasteiger partial charge < -0.3 is 44.0 Å². The minimum absolute atomic E-state index is 0.000827. The monoisotopic (exact) mass is 731 g/mol. The molecule has 52 heavy (non-hydrogen) atoms.